The lowest BCUT2D eigenvalue weighted by Crippen LogP contribution is -2.34. The number of thiophene rings is 1. The summed E-state index contributed by atoms with van der Waals surface area (Å²) in [4.78, 5) is 12.0. The minimum atomic E-state index is -3.63. The van der Waals surface area contributed by atoms with E-state index in [0.717, 1.165) is 29.1 Å². The Bertz CT molecular complexity index is 845. The summed E-state index contributed by atoms with van der Waals surface area (Å²) in [5.74, 6) is 0.648. The second-order valence-corrected chi connectivity index (χ2v) is 8.24. The lowest BCUT2D eigenvalue weighted by atomic mass is 9.97. The zero-order chi connectivity index (χ0) is 17.2. The molecule has 128 valence electrons. The van der Waals surface area contributed by atoms with E-state index in [2.05, 4.69) is 10.0 Å². The zero-order valence-corrected chi connectivity index (χ0v) is 14.7. The number of ether oxygens (including phenoxy) is 1. The number of sulfonamides is 1. The first kappa shape index (κ1) is 16.9. The van der Waals surface area contributed by atoms with Gasteiger partial charge in [-0.1, -0.05) is 18.2 Å². The molecule has 2 aromatic rings. The van der Waals surface area contributed by atoms with E-state index in [-0.39, 0.29) is 16.7 Å². The molecule has 0 aliphatic carbocycles. The molecular formula is C16H18N2O4S2. The molecule has 3 rings (SSSR count). The lowest BCUT2D eigenvalue weighted by Gasteiger charge is -2.25. The van der Waals surface area contributed by atoms with Gasteiger partial charge in [0, 0.05) is 24.9 Å². The van der Waals surface area contributed by atoms with Crippen LogP contribution >= 0.6 is 11.3 Å². The molecule has 0 unspecified atom stereocenters. The lowest BCUT2D eigenvalue weighted by molar-refractivity contribution is 0.0967. The molecule has 0 fully saturated rings. The highest BCUT2D eigenvalue weighted by Crippen LogP contribution is 2.27. The van der Waals surface area contributed by atoms with E-state index in [0.29, 0.717) is 18.0 Å². The van der Waals surface area contributed by atoms with Gasteiger partial charge >= 0.3 is 0 Å². The zero-order valence-electron chi connectivity index (χ0n) is 13.1. The molecule has 2 N–H and O–H groups in total. The third-order valence-corrected chi connectivity index (χ3v) is 6.34. The monoisotopic (exact) mass is 366 g/mol. The number of hydrogen-bond acceptors (Lipinski definition) is 5. The van der Waals surface area contributed by atoms with Crippen LogP contribution in [0, 0.1) is 5.92 Å². The van der Waals surface area contributed by atoms with Gasteiger partial charge < -0.3 is 10.1 Å². The minimum absolute atomic E-state index is 0.0757. The molecule has 0 saturated heterocycles. The van der Waals surface area contributed by atoms with Crippen LogP contribution in [0.15, 0.2) is 40.6 Å². The smallest absolute Gasteiger partial charge is 0.261 e. The number of hydrogen-bond donors (Lipinski definition) is 2. The standard InChI is InChI=1S/C16H18N2O4S2/c1-17-16(19)15-7-13(10-23-15)24(20,21)18-8-11-6-12-4-2-3-5-14(12)22-9-11/h2-5,7,10-11,18H,6,8-9H2,1H3,(H,17,19)/t11-/m0/s1. The van der Waals surface area contributed by atoms with Crippen molar-refractivity contribution in [2.24, 2.45) is 5.92 Å². The van der Waals surface area contributed by atoms with Crippen LogP contribution in [0.25, 0.3) is 0 Å². The van der Waals surface area contributed by atoms with E-state index >= 15 is 0 Å². The summed E-state index contributed by atoms with van der Waals surface area (Å²) in [5, 5.41) is 3.95. The number of rotatable bonds is 5. The maximum atomic E-state index is 12.4. The van der Waals surface area contributed by atoms with Crippen LogP contribution in [0.3, 0.4) is 0 Å². The number of nitrogens with one attached hydrogen (secondary N) is 2. The van der Waals surface area contributed by atoms with Gasteiger partial charge in [-0.05, 0) is 24.1 Å². The molecule has 8 heteroatoms. The first-order valence-corrected chi connectivity index (χ1v) is 9.87. The average molecular weight is 366 g/mol. The quantitative estimate of drug-likeness (QED) is 0.842. The van der Waals surface area contributed by atoms with Gasteiger partial charge in [0.1, 0.15) is 5.75 Å². The fourth-order valence-corrected chi connectivity index (χ4v) is 4.87. The Morgan fingerprint density at radius 2 is 2.17 bits per heavy atom. The van der Waals surface area contributed by atoms with Gasteiger partial charge in [0.2, 0.25) is 10.0 Å². The van der Waals surface area contributed by atoms with Crippen molar-refractivity contribution in [2.75, 3.05) is 20.2 Å². The van der Waals surface area contributed by atoms with Crippen molar-refractivity contribution in [2.45, 2.75) is 11.3 Å². The van der Waals surface area contributed by atoms with Crippen LogP contribution < -0.4 is 14.8 Å². The second kappa shape index (κ2) is 6.92. The molecule has 0 bridgehead atoms. The molecule has 2 heterocycles. The summed E-state index contributed by atoms with van der Waals surface area (Å²) in [5.41, 5.74) is 1.09. The van der Waals surface area contributed by atoms with Crippen molar-refractivity contribution in [3.63, 3.8) is 0 Å². The van der Waals surface area contributed by atoms with Crippen LogP contribution in [0.5, 0.6) is 5.75 Å². The molecule has 1 aromatic carbocycles. The first-order valence-electron chi connectivity index (χ1n) is 7.50. The molecule has 0 radical (unpaired) electrons. The highest BCUT2D eigenvalue weighted by atomic mass is 32.2. The molecule has 1 aliphatic heterocycles. The van der Waals surface area contributed by atoms with Gasteiger partial charge in [0.25, 0.3) is 5.91 Å². The molecule has 0 saturated carbocycles. The molecule has 1 aromatic heterocycles. The van der Waals surface area contributed by atoms with E-state index in [4.69, 9.17) is 4.74 Å². The Labute approximate surface area is 144 Å². The van der Waals surface area contributed by atoms with E-state index in [1.165, 1.54) is 18.5 Å². The van der Waals surface area contributed by atoms with E-state index in [1.54, 1.807) is 0 Å². The van der Waals surface area contributed by atoms with Crippen molar-refractivity contribution in [1.82, 2.24) is 10.0 Å². The Hall–Kier alpha value is -1.90. The fraction of sp³-hybridized carbons (Fsp3) is 0.312. The Morgan fingerprint density at radius 3 is 2.96 bits per heavy atom. The van der Waals surface area contributed by atoms with E-state index in [9.17, 15) is 13.2 Å². The van der Waals surface area contributed by atoms with Crippen molar-refractivity contribution >= 4 is 27.3 Å². The number of amides is 1. The number of fused-ring (bicyclic) bond motifs is 1. The maximum absolute atomic E-state index is 12.4. The number of para-hydroxylation sites is 1. The van der Waals surface area contributed by atoms with Crippen LogP contribution in [0.4, 0.5) is 0 Å². The molecule has 1 atom stereocenters. The molecule has 6 nitrogen and oxygen atoms in total. The SMILES string of the molecule is CNC(=O)c1cc(S(=O)(=O)NC[C@H]2COc3ccccc3C2)cs1. The van der Waals surface area contributed by atoms with Gasteiger partial charge in [-0.3, -0.25) is 4.79 Å². The maximum Gasteiger partial charge on any atom is 0.261 e. The Morgan fingerprint density at radius 1 is 1.38 bits per heavy atom. The highest BCUT2D eigenvalue weighted by Gasteiger charge is 2.23. The van der Waals surface area contributed by atoms with Crippen LogP contribution in [0.2, 0.25) is 0 Å². The first-order chi connectivity index (χ1) is 11.5. The van der Waals surface area contributed by atoms with Gasteiger partial charge in [-0.15, -0.1) is 11.3 Å². The van der Waals surface area contributed by atoms with Crippen LogP contribution in [-0.4, -0.2) is 34.5 Å². The van der Waals surface area contributed by atoms with Gasteiger partial charge in [-0.2, -0.15) is 0 Å². The number of carbonyl (C=O) groups is 1. The average Bonchev–Trinajstić information content (AvgIpc) is 3.10. The van der Waals surface area contributed by atoms with Crippen molar-refractivity contribution in [1.29, 1.82) is 0 Å². The summed E-state index contributed by atoms with van der Waals surface area (Å²) in [6.45, 7) is 0.772. The largest absolute Gasteiger partial charge is 0.493 e. The molecular weight excluding hydrogens is 348 g/mol. The van der Waals surface area contributed by atoms with E-state index in [1.807, 2.05) is 24.3 Å². The predicted molar refractivity (Wildman–Crippen MR) is 92.0 cm³/mol. The predicted octanol–water partition coefficient (Wildman–Crippen LogP) is 1.64. The van der Waals surface area contributed by atoms with E-state index < -0.39 is 10.0 Å². The van der Waals surface area contributed by atoms with Crippen molar-refractivity contribution in [3.8, 4) is 5.75 Å². The second-order valence-electron chi connectivity index (χ2n) is 5.57. The Kier molecular flexibility index (Phi) is 4.88. The molecule has 1 amide bonds. The minimum Gasteiger partial charge on any atom is -0.493 e. The summed E-state index contributed by atoms with van der Waals surface area (Å²) < 4.78 is 33.0. The molecule has 0 spiro atoms. The van der Waals surface area contributed by atoms with Gasteiger partial charge in [-0.25, -0.2) is 13.1 Å². The Balaban J connectivity index is 1.64. The third kappa shape index (κ3) is 3.61. The molecule has 24 heavy (non-hydrogen) atoms. The summed E-state index contributed by atoms with van der Waals surface area (Å²) in [7, 11) is -2.12. The highest BCUT2D eigenvalue weighted by molar-refractivity contribution is 7.89. The third-order valence-electron chi connectivity index (χ3n) is 3.85. The summed E-state index contributed by atoms with van der Waals surface area (Å²) >= 11 is 1.11. The van der Waals surface area contributed by atoms with Crippen molar-refractivity contribution < 1.29 is 17.9 Å². The fourth-order valence-electron chi connectivity index (χ4n) is 2.53. The number of carbonyl (C=O) groups excluding carboxylic acids is 1. The van der Waals surface area contributed by atoms with Gasteiger partial charge in [0.15, 0.2) is 0 Å². The summed E-state index contributed by atoms with van der Waals surface area (Å²) in [6, 6.07) is 9.16. The van der Waals surface area contributed by atoms with Crippen molar-refractivity contribution in [3.05, 3.63) is 46.2 Å². The topological polar surface area (TPSA) is 84.5 Å². The normalized spacial score (nSPS) is 17.0. The molecule has 1 aliphatic rings. The number of benzene rings is 1. The van der Waals surface area contributed by atoms with Crippen LogP contribution in [0.1, 0.15) is 15.2 Å². The summed E-state index contributed by atoms with van der Waals surface area (Å²) in [6.07, 6.45) is 0.770. The van der Waals surface area contributed by atoms with Crippen LogP contribution in [-0.2, 0) is 16.4 Å². The van der Waals surface area contributed by atoms with Gasteiger partial charge in [0.05, 0.1) is 16.4 Å².